The van der Waals surface area contributed by atoms with Crippen molar-refractivity contribution in [2.24, 2.45) is 79.7 Å². The third-order valence-corrected chi connectivity index (χ3v) is 20.5. The van der Waals surface area contributed by atoms with Crippen molar-refractivity contribution in [1.82, 2.24) is 60.9 Å². The van der Waals surface area contributed by atoms with Gasteiger partial charge in [0.05, 0.1) is 6.34 Å². The van der Waals surface area contributed by atoms with E-state index in [1.54, 1.807) is 6.20 Å². The van der Waals surface area contributed by atoms with E-state index in [9.17, 15) is 0 Å². The van der Waals surface area contributed by atoms with E-state index in [1.165, 1.54) is 297 Å². The molecule has 762 valence electrons. The van der Waals surface area contributed by atoms with Crippen LogP contribution >= 0.6 is 0 Å². The van der Waals surface area contributed by atoms with Gasteiger partial charge in [0.25, 0.3) is 0 Å². The monoisotopic (exact) mass is 1780 g/mol. The molecular weight excluding hydrogens is 1530 g/mol. The summed E-state index contributed by atoms with van der Waals surface area (Å²) in [4.78, 5) is 23.6. The van der Waals surface area contributed by atoms with Gasteiger partial charge >= 0.3 is 0 Å². The second kappa shape index (κ2) is 139. The number of hydrogen-bond acceptors (Lipinski definition) is 18. The van der Waals surface area contributed by atoms with Crippen molar-refractivity contribution in [3.05, 3.63) is 12.8 Å². The SMILES string of the molecule is C=CNCCCNC.CC1CCC(N)CC1.CC1CCCCC1.CCC.CCC1CCN(C)C1.CCCC.CCCCC.CCCCCC.CCCCN(C)C.CCCCN(C)CCCN=C(N)N.CCCCN=CN.CCCCNC.CCCN(C)CCN.CN(C)C.CN(CCCN)CCCN.CN1CCCCC1.C[C@@H]1CCCNC1.C[C@@H]1CCNC1. The third kappa shape index (κ3) is 180. The van der Waals surface area contributed by atoms with Crippen LogP contribution in [0.4, 0.5) is 0 Å². The third-order valence-electron chi connectivity index (χ3n) is 20.5. The van der Waals surface area contributed by atoms with Gasteiger partial charge in [-0.3, -0.25) is 9.98 Å². The molecule has 4 saturated heterocycles. The molecule has 4 aliphatic heterocycles. The summed E-state index contributed by atoms with van der Waals surface area (Å²) in [6.07, 6.45) is 56.1. The van der Waals surface area contributed by atoms with Gasteiger partial charge < -0.3 is 101 Å². The summed E-state index contributed by atoms with van der Waals surface area (Å²) in [5.74, 6) is 5.03. The first-order chi connectivity index (χ1) is 59.4. The van der Waals surface area contributed by atoms with Crippen LogP contribution in [0.2, 0.25) is 0 Å². The summed E-state index contributed by atoms with van der Waals surface area (Å²) >= 11 is 0. The van der Waals surface area contributed by atoms with Gasteiger partial charge in [0.2, 0.25) is 0 Å². The van der Waals surface area contributed by atoms with E-state index in [-0.39, 0.29) is 5.96 Å². The van der Waals surface area contributed by atoms with Gasteiger partial charge in [-0.25, -0.2) is 0 Å². The molecular formula is C103H245N21. The fourth-order valence-corrected chi connectivity index (χ4v) is 11.9. The van der Waals surface area contributed by atoms with Crippen LogP contribution in [0.5, 0.6) is 0 Å². The Hall–Kier alpha value is -2.32. The molecule has 2 saturated carbocycles. The lowest BCUT2D eigenvalue weighted by Crippen LogP contribution is -2.27. The number of piperidine rings is 2. The number of hydrogen-bond donors (Lipinski definition) is 12. The number of likely N-dealkylation sites (tertiary alicyclic amines) is 2. The van der Waals surface area contributed by atoms with E-state index in [0.29, 0.717) is 6.04 Å². The van der Waals surface area contributed by atoms with Crippen molar-refractivity contribution in [3.63, 3.8) is 0 Å². The Labute approximate surface area is 784 Å². The summed E-state index contributed by atoms with van der Waals surface area (Å²) in [5.41, 5.74) is 37.1. The minimum atomic E-state index is 0.191. The van der Waals surface area contributed by atoms with Crippen LogP contribution in [0.1, 0.15) is 381 Å². The van der Waals surface area contributed by atoms with E-state index in [0.717, 1.165) is 147 Å². The highest BCUT2D eigenvalue weighted by molar-refractivity contribution is 5.75. The number of aliphatic imine (C=N–C) groups is 2. The molecule has 0 amide bonds. The number of rotatable bonds is 38. The van der Waals surface area contributed by atoms with Gasteiger partial charge in [0, 0.05) is 45.3 Å². The molecule has 0 bridgehead atoms. The van der Waals surface area contributed by atoms with Crippen molar-refractivity contribution in [3.8, 4) is 0 Å². The Balaban J connectivity index is -0.000000108. The average molecular weight is 1780 g/mol. The van der Waals surface area contributed by atoms with Crippen molar-refractivity contribution >= 4 is 12.3 Å². The van der Waals surface area contributed by atoms with Crippen LogP contribution in [0.3, 0.4) is 0 Å². The van der Waals surface area contributed by atoms with Crippen LogP contribution in [0, 0.1) is 29.6 Å². The lowest BCUT2D eigenvalue weighted by atomic mass is 9.88. The highest BCUT2D eigenvalue weighted by Crippen LogP contribution is 2.23. The zero-order valence-electron chi connectivity index (χ0n) is 90.9. The summed E-state index contributed by atoms with van der Waals surface area (Å²) in [5, 5.41) is 15.7. The van der Waals surface area contributed by atoms with E-state index < -0.39 is 0 Å². The molecule has 21 heteroatoms. The minimum absolute atomic E-state index is 0.191. The maximum atomic E-state index is 5.70. The molecule has 0 radical (unpaired) electrons. The predicted molar refractivity (Wildman–Crippen MR) is 575 cm³/mol. The van der Waals surface area contributed by atoms with Crippen LogP contribution in [0.15, 0.2) is 22.8 Å². The summed E-state index contributed by atoms with van der Waals surface area (Å²) < 4.78 is 0. The van der Waals surface area contributed by atoms with Crippen molar-refractivity contribution in [2.45, 2.75) is 388 Å². The molecule has 0 aromatic carbocycles. The second-order valence-corrected chi connectivity index (χ2v) is 36.2. The number of unbranched alkanes of at least 4 members (excludes halogenated alkanes) is 10. The standard InChI is InChI=1S/C9H22N4.C7H19N3.2C7H15N.C7H14.C6H14N2.C6H16N2.2C6H13N.C6H15N.C6H14.C5H12N2.C5H11N.C5H13N.C5H12.C4H10.C3H9N.C3H8/c1-3-4-7-13(2)8-5-6-12-9(10)11;1-10(6-2-4-8)7-3-5-9;1-6-2-4-7(8)5-3-6;1-3-7-4-5-8(2)6-7;1-7-5-3-2-4-6-7;1-3-8-6-4-5-7-2;1-3-5-8(2)6-4-7;1-6-3-2-4-7-5-6;1-7-5-3-2-4-6-7;1-4-5-6-7(2)3;1-3-5-6-4-2;1-2-3-4-7-5-6;1-5-2-3-6-4-5;1-3-4-5-6-2;1-3-5-4-2;1-3-4-2;1-4(2)3;1-3-2/h3-8H2,1-2H3,(H4,10,11,12);2-9H2,1H3;6-7H,2-5,8H2,1H3;7H,3-6H2,1-2H3;7H,2-6H2,1H3;3,7-8H,1,4-6H2,2H3;3-7H2,1-2H3;6-7H,2-5H2,1H3;2-6H2,1H3;4-6H2,1-3H3;3-6H2,1-2H3;5H,2-4H2,1H3,(H2,6,7);5-6H,2-4H2,1H3;6H,3-5H2,1-2H3;3-5H2,1-2H3;3-4H2,1-2H3;1-3H3;3H2,1-2H3/t;;;;;;;6-;;;;;5-;;;;;/m.......1....1...../s1. The summed E-state index contributed by atoms with van der Waals surface area (Å²) in [6.45, 7) is 68.7. The molecule has 19 N–H and O–H groups in total. The highest BCUT2D eigenvalue weighted by atomic mass is 15.1. The Morgan fingerprint density at radius 1 is 0.419 bits per heavy atom. The Morgan fingerprint density at radius 2 is 0.847 bits per heavy atom. The van der Waals surface area contributed by atoms with Gasteiger partial charge in [-0.15, -0.1) is 0 Å². The number of likely N-dealkylation sites (N-methyl/N-ethyl adjacent to an activating group) is 1. The highest BCUT2D eigenvalue weighted by Gasteiger charge is 2.17. The number of nitrogens with two attached hydrogens (primary N) is 7. The molecule has 6 fully saturated rings. The largest absolute Gasteiger partial charge is 0.391 e. The maximum absolute atomic E-state index is 5.70. The normalized spacial score (nSPS) is 17.2. The minimum Gasteiger partial charge on any atom is -0.391 e. The summed E-state index contributed by atoms with van der Waals surface area (Å²) in [7, 11) is 24.9. The lowest BCUT2D eigenvalue weighted by molar-refractivity contribution is 0.277. The smallest absolute Gasteiger partial charge is 0.185 e. The molecule has 0 aromatic rings. The Morgan fingerprint density at radius 3 is 1.12 bits per heavy atom. The fraction of sp³-hybridized carbons (Fsp3) is 0.961. The number of nitrogens with one attached hydrogen (secondary N) is 5. The zero-order valence-corrected chi connectivity index (χ0v) is 90.9. The maximum Gasteiger partial charge on any atom is 0.185 e. The zero-order chi connectivity index (χ0) is 97.0. The summed E-state index contributed by atoms with van der Waals surface area (Å²) in [6, 6.07) is 0.520. The number of nitrogens with zero attached hydrogens (tertiary/aromatic N) is 9. The van der Waals surface area contributed by atoms with Gasteiger partial charge in [-0.05, 0) is 354 Å². The predicted octanol–water partition coefficient (Wildman–Crippen LogP) is 20.1. The van der Waals surface area contributed by atoms with Gasteiger partial charge in [0.1, 0.15) is 0 Å². The quantitative estimate of drug-likeness (QED) is 0.0155. The van der Waals surface area contributed by atoms with E-state index >= 15 is 0 Å². The van der Waals surface area contributed by atoms with E-state index in [4.69, 9.17) is 40.1 Å². The van der Waals surface area contributed by atoms with Gasteiger partial charge in [0.15, 0.2) is 5.96 Å². The number of guanidine groups is 1. The van der Waals surface area contributed by atoms with Crippen molar-refractivity contribution in [2.75, 3.05) is 235 Å². The molecule has 124 heavy (non-hydrogen) atoms. The van der Waals surface area contributed by atoms with Crippen LogP contribution in [-0.4, -0.2) is 288 Å². The Kier molecular flexibility index (Phi) is 165. The fourth-order valence-electron chi connectivity index (χ4n) is 11.9. The molecule has 3 atom stereocenters. The first-order valence-electron chi connectivity index (χ1n) is 52.2. The lowest BCUT2D eigenvalue weighted by Gasteiger charge is -2.22. The second-order valence-electron chi connectivity index (χ2n) is 36.2. The van der Waals surface area contributed by atoms with Crippen LogP contribution < -0.4 is 66.7 Å². The van der Waals surface area contributed by atoms with E-state index in [2.05, 4.69) is 247 Å². The Bertz CT molecular complexity index is 1650. The van der Waals surface area contributed by atoms with Crippen molar-refractivity contribution < 1.29 is 0 Å². The molecule has 4 heterocycles. The molecule has 1 unspecified atom stereocenters. The average Bonchev–Trinajstić information content (AvgIpc) is 1.82. The van der Waals surface area contributed by atoms with E-state index in [1.807, 2.05) is 40.1 Å². The molecule has 2 aliphatic carbocycles. The molecule has 0 aromatic heterocycles. The molecule has 6 rings (SSSR count). The van der Waals surface area contributed by atoms with Crippen molar-refractivity contribution in [1.29, 1.82) is 0 Å². The molecule has 6 aliphatic rings. The molecule has 21 nitrogen and oxygen atoms in total. The van der Waals surface area contributed by atoms with Gasteiger partial charge in [-0.2, -0.15) is 0 Å². The topological polar surface area (TPSA) is 290 Å². The molecule has 0 spiro atoms. The van der Waals surface area contributed by atoms with Crippen LogP contribution in [-0.2, 0) is 0 Å². The first-order valence-corrected chi connectivity index (χ1v) is 52.2. The van der Waals surface area contributed by atoms with Crippen LogP contribution in [0.25, 0.3) is 0 Å². The van der Waals surface area contributed by atoms with Gasteiger partial charge in [-0.1, -0.05) is 266 Å². The first kappa shape index (κ1) is 147.